The van der Waals surface area contributed by atoms with E-state index in [1.807, 2.05) is 18.2 Å². The van der Waals surface area contributed by atoms with Crippen molar-refractivity contribution in [3.8, 4) is 0 Å². The first-order valence-corrected chi connectivity index (χ1v) is 5.24. The van der Waals surface area contributed by atoms with Gasteiger partial charge in [-0.3, -0.25) is 0 Å². The molecule has 0 aromatic heterocycles. The second-order valence-electron chi connectivity index (χ2n) is 3.23. The maximum Gasteiger partial charge on any atom is 0.0682 e. The second kappa shape index (κ2) is 5.84. The van der Waals surface area contributed by atoms with Crippen LogP contribution in [0, 0.1) is 6.92 Å². The topological polar surface area (TPSA) is 20.2 Å². The van der Waals surface area contributed by atoms with E-state index in [-0.39, 0.29) is 6.61 Å². The highest BCUT2D eigenvalue weighted by Gasteiger charge is 1.95. The van der Waals surface area contributed by atoms with Gasteiger partial charge in [0.15, 0.2) is 0 Å². The molecule has 1 N–H and O–H groups in total. The monoisotopic (exact) mass is 210 g/mol. The fourth-order valence-electron chi connectivity index (χ4n) is 1.24. The van der Waals surface area contributed by atoms with Crippen LogP contribution in [0.25, 0.3) is 6.08 Å². The van der Waals surface area contributed by atoms with Crippen molar-refractivity contribution in [1.82, 2.24) is 0 Å². The van der Waals surface area contributed by atoms with E-state index in [0.717, 1.165) is 17.5 Å². The molecule has 0 fully saturated rings. The maximum absolute atomic E-state index is 8.98. The van der Waals surface area contributed by atoms with Crippen LogP contribution in [-0.2, 0) is 6.61 Å². The highest BCUT2D eigenvalue weighted by molar-refractivity contribution is 6.17. The number of rotatable bonds is 4. The van der Waals surface area contributed by atoms with Crippen LogP contribution in [0.1, 0.15) is 23.1 Å². The summed E-state index contributed by atoms with van der Waals surface area (Å²) in [5.41, 5.74) is 3.32. The van der Waals surface area contributed by atoms with Crippen LogP contribution in [0.5, 0.6) is 0 Å². The van der Waals surface area contributed by atoms with Crippen LogP contribution in [0.2, 0.25) is 0 Å². The first-order valence-electron chi connectivity index (χ1n) is 4.71. The molecule has 0 unspecified atom stereocenters. The number of aliphatic hydroxyl groups excluding tert-OH is 1. The van der Waals surface area contributed by atoms with Gasteiger partial charge in [0.25, 0.3) is 0 Å². The Morgan fingerprint density at radius 2 is 2.21 bits per heavy atom. The lowest BCUT2D eigenvalue weighted by Crippen LogP contribution is -1.87. The van der Waals surface area contributed by atoms with Crippen LogP contribution in [-0.4, -0.2) is 11.0 Å². The van der Waals surface area contributed by atoms with Crippen molar-refractivity contribution in [2.75, 3.05) is 5.88 Å². The van der Waals surface area contributed by atoms with Crippen molar-refractivity contribution in [3.05, 3.63) is 41.0 Å². The molecule has 0 heterocycles. The number of benzene rings is 1. The normalized spacial score (nSPS) is 11.1. The Labute approximate surface area is 90.0 Å². The lowest BCUT2D eigenvalue weighted by atomic mass is 10.0. The summed E-state index contributed by atoms with van der Waals surface area (Å²) in [6.45, 7) is 2.15. The average Bonchev–Trinajstić information content (AvgIpc) is 2.21. The van der Waals surface area contributed by atoms with E-state index in [1.165, 1.54) is 5.56 Å². The quantitative estimate of drug-likeness (QED) is 0.758. The van der Waals surface area contributed by atoms with Gasteiger partial charge in [0, 0.05) is 5.88 Å². The minimum atomic E-state index is 0.0939. The van der Waals surface area contributed by atoms with Crippen molar-refractivity contribution in [2.24, 2.45) is 0 Å². The predicted molar refractivity (Wildman–Crippen MR) is 61.5 cm³/mol. The van der Waals surface area contributed by atoms with Crippen molar-refractivity contribution in [1.29, 1.82) is 0 Å². The first kappa shape index (κ1) is 11.3. The molecular weight excluding hydrogens is 196 g/mol. The lowest BCUT2D eigenvalue weighted by molar-refractivity contribution is 0.282. The van der Waals surface area contributed by atoms with Crippen molar-refractivity contribution >= 4 is 17.7 Å². The van der Waals surface area contributed by atoms with Gasteiger partial charge in [-0.1, -0.05) is 24.3 Å². The Kier molecular flexibility index (Phi) is 4.71. The van der Waals surface area contributed by atoms with Crippen molar-refractivity contribution in [3.63, 3.8) is 0 Å². The number of aliphatic hydroxyl groups is 1. The molecule has 1 aromatic rings. The predicted octanol–water partition coefficient (Wildman–Crippen LogP) is 3.13. The molecule has 76 valence electrons. The summed E-state index contributed by atoms with van der Waals surface area (Å²) in [6, 6.07) is 5.96. The standard InChI is InChI=1S/C12H15ClO/c1-10-5-6-11(9-14)8-12(10)4-2-3-7-13/h2,4-6,8,14H,3,7,9H2,1H3. The van der Waals surface area contributed by atoms with Gasteiger partial charge in [0.1, 0.15) is 0 Å². The summed E-state index contributed by atoms with van der Waals surface area (Å²) in [4.78, 5) is 0. The maximum atomic E-state index is 8.98. The molecule has 1 aromatic carbocycles. The van der Waals surface area contributed by atoms with Crippen molar-refractivity contribution < 1.29 is 5.11 Å². The first-order chi connectivity index (χ1) is 6.77. The van der Waals surface area contributed by atoms with E-state index in [9.17, 15) is 0 Å². The Morgan fingerprint density at radius 3 is 2.86 bits per heavy atom. The van der Waals surface area contributed by atoms with Gasteiger partial charge < -0.3 is 5.11 Å². The van der Waals surface area contributed by atoms with Gasteiger partial charge in [-0.05, 0) is 36.1 Å². The number of hydrogen-bond acceptors (Lipinski definition) is 1. The molecule has 0 aliphatic heterocycles. The molecule has 0 saturated heterocycles. The highest BCUT2D eigenvalue weighted by atomic mass is 35.5. The van der Waals surface area contributed by atoms with E-state index in [2.05, 4.69) is 19.1 Å². The molecular formula is C12H15ClO. The third-order valence-electron chi connectivity index (χ3n) is 2.10. The Balaban J connectivity index is 2.83. The van der Waals surface area contributed by atoms with E-state index in [1.54, 1.807) is 0 Å². The molecule has 1 nitrogen and oxygen atoms in total. The summed E-state index contributed by atoms with van der Waals surface area (Å²) < 4.78 is 0. The third kappa shape index (κ3) is 3.17. The van der Waals surface area contributed by atoms with E-state index in [0.29, 0.717) is 5.88 Å². The summed E-state index contributed by atoms with van der Waals surface area (Å²) >= 11 is 5.57. The number of halogens is 1. The number of hydrogen-bond donors (Lipinski definition) is 1. The minimum absolute atomic E-state index is 0.0939. The Hall–Kier alpha value is -0.790. The average molecular weight is 211 g/mol. The summed E-state index contributed by atoms with van der Waals surface area (Å²) in [5.74, 6) is 0.648. The molecule has 0 saturated carbocycles. The number of aryl methyl sites for hydroxylation is 1. The van der Waals surface area contributed by atoms with Gasteiger partial charge in [0.2, 0.25) is 0 Å². The fraction of sp³-hybridized carbons (Fsp3) is 0.333. The Bertz CT molecular complexity index is 318. The van der Waals surface area contributed by atoms with Crippen LogP contribution in [0.4, 0.5) is 0 Å². The summed E-state index contributed by atoms with van der Waals surface area (Å²) in [6.07, 6.45) is 4.98. The zero-order chi connectivity index (χ0) is 10.4. The number of allylic oxidation sites excluding steroid dienone is 1. The van der Waals surface area contributed by atoms with Crippen LogP contribution >= 0.6 is 11.6 Å². The molecule has 0 spiro atoms. The van der Waals surface area contributed by atoms with Crippen LogP contribution < -0.4 is 0 Å². The summed E-state index contributed by atoms with van der Waals surface area (Å²) in [5, 5.41) is 8.98. The molecule has 0 atom stereocenters. The molecule has 0 amide bonds. The van der Waals surface area contributed by atoms with Crippen LogP contribution in [0.3, 0.4) is 0 Å². The van der Waals surface area contributed by atoms with Gasteiger partial charge >= 0.3 is 0 Å². The Morgan fingerprint density at radius 1 is 1.43 bits per heavy atom. The molecule has 2 heteroatoms. The second-order valence-corrected chi connectivity index (χ2v) is 3.61. The minimum Gasteiger partial charge on any atom is -0.392 e. The lowest BCUT2D eigenvalue weighted by Gasteiger charge is -2.02. The SMILES string of the molecule is Cc1ccc(CO)cc1C=CCCCl. The highest BCUT2D eigenvalue weighted by Crippen LogP contribution is 2.13. The summed E-state index contributed by atoms with van der Waals surface area (Å²) in [7, 11) is 0. The van der Waals surface area contributed by atoms with E-state index < -0.39 is 0 Å². The molecule has 0 aliphatic rings. The van der Waals surface area contributed by atoms with Gasteiger partial charge in [-0.25, -0.2) is 0 Å². The zero-order valence-electron chi connectivity index (χ0n) is 8.33. The van der Waals surface area contributed by atoms with E-state index in [4.69, 9.17) is 16.7 Å². The largest absolute Gasteiger partial charge is 0.392 e. The van der Waals surface area contributed by atoms with E-state index >= 15 is 0 Å². The van der Waals surface area contributed by atoms with Gasteiger partial charge in [-0.2, -0.15) is 0 Å². The van der Waals surface area contributed by atoms with Gasteiger partial charge in [-0.15, -0.1) is 11.6 Å². The number of alkyl halides is 1. The fourth-order valence-corrected chi connectivity index (χ4v) is 1.37. The molecule has 1 rings (SSSR count). The van der Waals surface area contributed by atoms with Gasteiger partial charge in [0.05, 0.1) is 6.61 Å². The van der Waals surface area contributed by atoms with Crippen molar-refractivity contribution in [2.45, 2.75) is 20.0 Å². The third-order valence-corrected chi connectivity index (χ3v) is 2.32. The molecule has 14 heavy (non-hydrogen) atoms. The smallest absolute Gasteiger partial charge is 0.0682 e. The van der Waals surface area contributed by atoms with Crippen LogP contribution in [0.15, 0.2) is 24.3 Å². The molecule has 0 radical (unpaired) electrons. The zero-order valence-corrected chi connectivity index (χ0v) is 9.09. The molecule has 0 aliphatic carbocycles. The molecule has 0 bridgehead atoms.